The van der Waals surface area contributed by atoms with Crippen molar-refractivity contribution in [1.29, 1.82) is 0 Å². The summed E-state index contributed by atoms with van der Waals surface area (Å²) in [5.74, 6) is -1.35. The first-order chi connectivity index (χ1) is 9.15. The van der Waals surface area contributed by atoms with E-state index in [9.17, 15) is 14.7 Å². The van der Waals surface area contributed by atoms with Gasteiger partial charge in [-0.15, -0.1) is 0 Å². The van der Waals surface area contributed by atoms with E-state index in [1.54, 1.807) is 0 Å². The molecule has 1 aliphatic rings. The van der Waals surface area contributed by atoms with E-state index in [2.05, 4.69) is 5.32 Å². The third kappa shape index (κ3) is 4.06. The van der Waals surface area contributed by atoms with E-state index in [4.69, 9.17) is 0 Å². The number of piperidine rings is 1. The molecule has 0 bridgehead atoms. The first-order valence-electron chi connectivity index (χ1n) is 6.54. The molecule has 0 spiro atoms. The van der Waals surface area contributed by atoms with Gasteiger partial charge in [0.25, 0.3) is 5.91 Å². The molecule has 1 amide bonds. The molecule has 0 aromatic heterocycles. The Kier molecular flexibility index (Phi) is 4.52. The molecular weight excluding hydrogens is 244 g/mol. The van der Waals surface area contributed by atoms with E-state index in [1.807, 2.05) is 30.3 Å². The predicted octanol–water partition coefficient (Wildman–Crippen LogP) is -1.33. The second-order valence-electron chi connectivity index (χ2n) is 4.93. The molecule has 0 atom stereocenters. The minimum atomic E-state index is -0.965. The molecule has 19 heavy (non-hydrogen) atoms. The van der Waals surface area contributed by atoms with Gasteiger partial charge in [0.05, 0.1) is 13.1 Å². The number of carbonyl (C=O) groups excluding carboxylic acids is 2. The monoisotopic (exact) mass is 262 g/mol. The molecule has 1 heterocycles. The topological polar surface area (TPSA) is 73.7 Å². The van der Waals surface area contributed by atoms with Gasteiger partial charge in [0, 0.05) is 30.4 Å². The summed E-state index contributed by atoms with van der Waals surface area (Å²) in [5, 5.41) is 13.6. The maximum absolute atomic E-state index is 11.8. The lowest BCUT2D eigenvalue weighted by Gasteiger charge is -2.29. The molecular formula is C14H18N2O3. The first kappa shape index (κ1) is 13.5. The Labute approximate surface area is 112 Å². The van der Waals surface area contributed by atoms with Crippen molar-refractivity contribution in [3.05, 3.63) is 30.3 Å². The van der Waals surface area contributed by atoms with Crippen LogP contribution in [0.5, 0.6) is 0 Å². The number of amides is 1. The molecule has 1 saturated heterocycles. The van der Waals surface area contributed by atoms with Gasteiger partial charge >= 0.3 is 0 Å². The highest BCUT2D eigenvalue weighted by Gasteiger charge is 2.24. The second kappa shape index (κ2) is 6.33. The predicted molar refractivity (Wildman–Crippen MR) is 68.4 cm³/mol. The van der Waals surface area contributed by atoms with Crippen LogP contribution < -0.4 is 15.3 Å². The first-order valence-corrected chi connectivity index (χ1v) is 6.54. The van der Waals surface area contributed by atoms with Crippen LogP contribution in [0.25, 0.3) is 0 Å². The Morgan fingerprint density at radius 3 is 2.42 bits per heavy atom. The zero-order chi connectivity index (χ0) is 13.7. The molecule has 1 aliphatic heterocycles. The van der Waals surface area contributed by atoms with E-state index < -0.39 is 5.97 Å². The van der Waals surface area contributed by atoms with Crippen molar-refractivity contribution in [3.8, 4) is 0 Å². The van der Waals surface area contributed by atoms with Crippen molar-refractivity contribution in [1.82, 2.24) is 0 Å². The summed E-state index contributed by atoms with van der Waals surface area (Å²) in [6, 6.07) is 9.32. The summed E-state index contributed by atoms with van der Waals surface area (Å²) in [5.41, 5.74) is 0.788. The van der Waals surface area contributed by atoms with Crippen LogP contribution in [0.1, 0.15) is 12.8 Å². The summed E-state index contributed by atoms with van der Waals surface area (Å²) < 4.78 is 0. The van der Waals surface area contributed by atoms with Crippen LogP contribution in [0.3, 0.4) is 0 Å². The van der Waals surface area contributed by atoms with E-state index in [-0.39, 0.29) is 11.8 Å². The number of hydrogen-bond donors (Lipinski definition) is 2. The van der Waals surface area contributed by atoms with E-state index in [0.29, 0.717) is 32.5 Å². The number of rotatable bonds is 4. The Bertz CT molecular complexity index is 439. The zero-order valence-corrected chi connectivity index (χ0v) is 10.7. The molecule has 0 saturated carbocycles. The van der Waals surface area contributed by atoms with Crippen molar-refractivity contribution >= 4 is 17.6 Å². The summed E-state index contributed by atoms with van der Waals surface area (Å²) in [7, 11) is 0. The minimum absolute atomic E-state index is 0.0342. The largest absolute Gasteiger partial charge is 0.550 e. The number of aliphatic carboxylic acids is 1. The van der Waals surface area contributed by atoms with E-state index >= 15 is 0 Å². The molecule has 0 radical (unpaired) electrons. The Hall–Kier alpha value is -1.88. The van der Waals surface area contributed by atoms with Gasteiger partial charge in [-0.1, -0.05) is 18.2 Å². The Balaban J connectivity index is 1.76. The van der Waals surface area contributed by atoms with Gasteiger partial charge in [0.2, 0.25) is 0 Å². The molecule has 2 rings (SSSR count). The quantitative estimate of drug-likeness (QED) is 0.706. The fourth-order valence-corrected chi connectivity index (χ4v) is 2.39. The molecule has 0 aliphatic carbocycles. The van der Waals surface area contributed by atoms with Crippen LogP contribution in [-0.4, -0.2) is 31.5 Å². The molecule has 5 heteroatoms. The number of benzene rings is 1. The van der Waals surface area contributed by atoms with Crippen LogP contribution in [0.4, 0.5) is 5.69 Å². The standard InChI is InChI=1S/C14H18N2O3/c17-13(15-12-4-2-1-3-5-12)10-16-8-6-11(7-9-16)14(18)19/h1-5,11H,6-10H2,(H,15,17)(H,18,19). The van der Waals surface area contributed by atoms with Crippen molar-refractivity contribution in [2.45, 2.75) is 12.8 Å². The number of para-hydroxylation sites is 1. The SMILES string of the molecule is O=C(C[NH+]1CCC(C(=O)[O-])CC1)Nc1ccccc1. The van der Waals surface area contributed by atoms with Gasteiger partial charge in [0.1, 0.15) is 0 Å². The maximum atomic E-state index is 11.8. The van der Waals surface area contributed by atoms with Crippen LogP contribution >= 0.6 is 0 Å². The normalized spacial score (nSPS) is 22.7. The van der Waals surface area contributed by atoms with Crippen LogP contribution in [0, 0.1) is 5.92 Å². The average Bonchev–Trinajstić information content (AvgIpc) is 2.40. The molecule has 2 N–H and O–H groups in total. The fourth-order valence-electron chi connectivity index (χ4n) is 2.39. The molecule has 5 nitrogen and oxygen atoms in total. The number of quaternary nitrogens is 1. The molecule has 1 aromatic carbocycles. The summed E-state index contributed by atoms with van der Waals surface area (Å²) in [6.45, 7) is 1.80. The number of hydrogen-bond acceptors (Lipinski definition) is 3. The highest BCUT2D eigenvalue weighted by atomic mass is 16.4. The minimum Gasteiger partial charge on any atom is -0.550 e. The number of carboxylic acids is 1. The average molecular weight is 262 g/mol. The number of carbonyl (C=O) groups is 2. The van der Waals surface area contributed by atoms with E-state index in [0.717, 1.165) is 10.6 Å². The lowest BCUT2D eigenvalue weighted by Crippen LogP contribution is -3.14. The summed E-state index contributed by atoms with van der Waals surface area (Å²) in [4.78, 5) is 23.7. The highest BCUT2D eigenvalue weighted by molar-refractivity contribution is 5.91. The third-order valence-corrected chi connectivity index (χ3v) is 3.49. The van der Waals surface area contributed by atoms with Crippen LogP contribution in [0.15, 0.2) is 30.3 Å². The van der Waals surface area contributed by atoms with Gasteiger partial charge < -0.3 is 20.1 Å². The maximum Gasteiger partial charge on any atom is 0.279 e. The molecule has 1 fully saturated rings. The number of carboxylic acid groups (broad SMARTS) is 1. The van der Waals surface area contributed by atoms with Gasteiger partial charge in [-0.05, 0) is 12.1 Å². The van der Waals surface area contributed by atoms with Crippen LogP contribution in [-0.2, 0) is 9.59 Å². The van der Waals surface area contributed by atoms with Crippen molar-refractivity contribution in [3.63, 3.8) is 0 Å². The van der Waals surface area contributed by atoms with Gasteiger partial charge in [-0.3, -0.25) is 4.79 Å². The molecule has 1 aromatic rings. The Morgan fingerprint density at radius 1 is 1.21 bits per heavy atom. The third-order valence-electron chi connectivity index (χ3n) is 3.49. The van der Waals surface area contributed by atoms with Crippen molar-refractivity contribution in [2.75, 3.05) is 25.0 Å². The lowest BCUT2D eigenvalue weighted by atomic mass is 9.97. The van der Waals surface area contributed by atoms with E-state index in [1.165, 1.54) is 0 Å². The summed E-state index contributed by atoms with van der Waals surface area (Å²) >= 11 is 0. The molecule has 102 valence electrons. The van der Waals surface area contributed by atoms with Gasteiger partial charge in [0.15, 0.2) is 6.54 Å². The molecule has 0 unspecified atom stereocenters. The summed E-state index contributed by atoms with van der Waals surface area (Å²) in [6.07, 6.45) is 1.19. The van der Waals surface area contributed by atoms with Gasteiger partial charge in [-0.25, -0.2) is 0 Å². The highest BCUT2D eigenvalue weighted by Crippen LogP contribution is 2.08. The zero-order valence-electron chi connectivity index (χ0n) is 10.7. The second-order valence-corrected chi connectivity index (χ2v) is 4.93. The smallest absolute Gasteiger partial charge is 0.279 e. The number of likely N-dealkylation sites (tertiary alicyclic amines) is 1. The fraction of sp³-hybridized carbons (Fsp3) is 0.429. The van der Waals surface area contributed by atoms with Crippen molar-refractivity contribution < 1.29 is 19.6 Å². The van der Waals surface area contributed by atoms with Crippen molar-refractivity contribution in [2.24, 2.45) is 5.92 Å². The van der Waals surface area contributed by atoms with Crippen LogP contribution in [0.2, 0.25) is 0 Å². The number of anilines is 1. The number of nitrogens with one attached hydrogen (secondary N) is 2. The Morgan fingerprint density at radius 2 is 1.84 bits per heavy atom. The lowest BCUT2D eigenvalue weighted by molar-refractivity contribution is -0.897. The van der Waals surface area contributed by atoms with Gasteiger partial charge in [-0.2, -0.15) is 0 Å².